The van der Waals surface area contributed by atoms with Gasteiger partial charge in [-0.2, -0.15) is 8.78 Å². The maximum absolute atomic E-state index is 12.7. The van der Waals surface area contributed by atoms with E-state index in [1.807, 2.05) is 0 Å². The Balaban J connectivity index is 2.38. The van der Waals surface area contributed by atoms with E-state index in [4.69, 9.17) is 5.73 Å². The molecule has 0 bridgehead atoms. The van der Waals surface area contributed by atoms with E-state index in [0.717, 1.165) is 32.1 Å². The summed E-state index contributed by atoms with van der Waals surface area (Å²) in [5.41, 5.74) is 5.49. The molecule has 0 unspecified atom stereocenters. The topological polar surface area (TPSA) is 38.0 Å². The highest BCUT2D eigenvalue weighted by Crippen LogP contribution is 2.34. The molecule has 0 aliphatic heterocycles. The predicted molar refractivity (Wildman–Crippen MR) is 58.4 cm³/mol. The van der Waals surface area contributed by atoms with Gasteiger partial charge in [-0.25, -0.2) is 8.78 Å². The summed E-state index contributed by atoms with van der Waals surface area (Å²) < 4.78 is 49.3. The number of nitrogens with one attached hydrogen (secondary N) is 1. The van der Waals surface area contributed by atoms with E-state index in [9.17, 15) is 17.6 Å². The van der Waals surface area contributed by atoms with Gasteiger partial charge in [0.1, 0.15) is 0 Å². The number of alkyl halides is 4. The Morgan fingerprint density at radius 2 is 1.76 bits per heavy atom. The summed E-state index contributed by atoms with van der Waals surface area (Å²) in [7, 11) is 0. The minimum absolute atomic E-state index is 0.184. The molecular formula is C11H20F4N2. The van der Waals surface area contributed by atoms with Crippen LogP contribution in [0.3, 0.4) is 0 Å². The van der Waals surface area contributed by atoms with Gasteiger partial charge in [0, 0.05) is 6.54 Å². The maximum Gasteiger partial charge on any atom is 0.319 e. The molecule has 0 aromatic heterocycles. The molecule has 17 heavy (non-hydrogen) atoms. The van der Waals surface area contributed by atoms with Gasteiger partial charge in [-0.05, 0) is 24.8 Å². The lowest BCUT2D eigenvalue weighted by atomic mass is 9.74. The highest BCUT2D eigenvalue weighted by molar-refractivity contribution is 4.86. The summed E-state index contributed by atoms with van der Waals surface area (Å²) in [5, 5.41) is 2.46. The quantitative estimate of drug-likeness (QED) is 0.716. The van der Waals surface area contributed by atoms with Crippen LogP contribution >= 0.6 is 0 Å². The number of rotatable bonds is 6. The van der Waals surface area contributed by atoms with Crippen LogP contribution < -0.4 is 11.1 Å². The summed E-state index contributed by atoms with van der Waals surface area (Å²) in [4.78, 5) is 0. The zero-order valence-electron chi connectivity index (χ0n) is 9.82. The molecule has 1 aliphatic carbocycles. The molecule has 0 heterocycles. The molecule has 6 heteroatoms. The lowest BCUT2D eigenvalue weighted by Crippen LogP contribution is -2.46. The predicted octanol–water partition coefficient (Wildman–Crippen LogP) is 2.39. The van der Waals surface area contributed by atoms with E-state index in [2.05, 4.69) is 5.32 Å². The molecule has 0 spiro atoms. The smallest absolute Gasteiger partial charge is 0.319 e. The second-order valence-corrected chi connectivity index (χ2v) is 4.93. The molecule has 0 aromatic carbocycles. The van der Waals surface area contributed by atoms with Crippen LogP contribution in [0.4, 0.5) is 17.6 Å². The average Bonchev–Trinajstić information content (AvgIpc) is 2.30. The van der Waals surface area contributed by atoms with Crippen molar-refractivity contribution in [2.75, 3.05) is 19.6 Å². The molecule has 0 amide bonds. The Morgan fingerprint density at radius 3 is 2.24 bits per heavy atom. The van der Waals surface area contributed by atoms with Crippen molar-refractivity contribution >= 4 is 0 Å². The van der Waals surface area contributed by atoms with Crippen LogP contribution in [0, 0.1) is 5.41 Å². The third-order valence-electron chi connectivity index (χ3n) is 3.53. The van der Waals surface area contributed by atoms with E-state index < -0.39 is 18.9 Å². The first-order chi connectivity index (χ1) is 7.92. The van der Waals surface area contributed by atoms with Crippen LogP contribution in [-0.4, -0.2) is 32.0 Å². The van der Waals surface area contributed by atoms with Crippen LogP contribution in [0.5, 0.6) is 0 Å². The first-order valence-electron chi connectivity index (χ1n) is 5.99. The fourth-order valence-corrected chi connectivity index (χ4v) is 2.33. The SMILES string of the molecule is NCC1(CNCC(F)(F)C(F)F)CCCCC1. The van der Waals surface area contributed by atoms with E-state index in [0.29, 0.717) is 13.1 Å². The number of halogens is 4. The molecule has 0 saturated heterocycles. The van der Waals surface area contributed by atoms with Gasteiger partial charge in [0.25, 0.3) is 0 Å². The van der Waals surface area contributed by atoms with Crippen molar-refractivity contribution in [1.82, 2.24) is 5.32 Å². The van der Waals surface area contributed by atoms with Crippen LogP contribution in [0.1, 0.15) is 32.1 Å². The standard InChI is InChI=1S/C11H20F4N2/c12-9(13)11(14,15)8-17-7-10(6-16)4-2-1-3-5-10/h9,17H,1-8,16H2. The van der Waals surface area contributed by atoms with Crippen molar-refractivity contribution in [1.29, 1.82) is 0 Å². The second-order valence-electron chi connectivity index (χ2n) is 4.93. The molecule has 0 aromatic rings. The Bertz CT molecular complexity index is 228. The van der Waals surface area contributed by atoms with E-state index in [1.54, 1.807) is 0 Å². The third kappa shape index (κ3) is 4.10. The first kappa shape index (κ1) is 14.7. The largest absolute Gasteiger partial charge is 0.330 e. The van der Waals surface area contributed by atoms with Gasteiger partial charge in [-0.15, -0.1) is 0 Å². The number of hydrogen-bond donors (Lipinski definition) is 2. The summed E-state index contributed by atoms with van der Waals surface area (Å²) >= 11 is 0. The molecule has 3 N–H and O–H groups in total. The Labute approximate surface area is 98.9 Å². The minimum atomic E-state index is -3.95. The van der Waals surface area contributed by atoms with Crippen molar-refractivity contribution in [3.63, 3.8) is 0 Å². The summed E-state index contributed by atoms with van der Waals surface area (Å²) in [6.45, 7) is -0.265. The summed E-state index contributed by atoms with van der Waals surface area (Å²) in [6, 6.07) is 0. The molecule has 2 nitrogen and oxygen atoms in total. The molecule has 1 fully saturated rings. The third-order valence-corrected chi connectivity index (χ3v) is 3.53. The first-order valence-corrected chi connectivity index (χ1v) is 5.99. The van der Waals surface area contributed by atoms with E-state index in [1.165, 1.54) is 0 Å². The van der Waals surface area contributed by atoms with Crippen molar-refractivity contribution < 1.29 is 17.6 Å². The van der Waals surface area contributed by atoms with E-state index in [-0.39, 0.29) is 5.41 Å². The number of hydrogen-bond acceptors (Lipinski definition) is 2. The van der Waals surface area contributed by atoms with Crippen LogP contribution in [0.2, 0.25) is 0 Å². The second kappa shape index (κ2) is 6.00. The van der Waals surface area contributed by atoms with E-state index >= 15 is 0 Å². The monoisotopic (exact) mass is 256 g/mol. The zero-order chi connectivity index (χ0) is 12.9. The molecule has 0 atom stereocenters. The van der Waals surface area contributed by atoms with Crippen LogP contribution in [0.15, 0.2) is 0 Å². The Kier molecular flexibility index (Phi) is 5.19. The average molecular weight is 256 g/mol. The normalized spacial score (nSPS) is 20.8. The molecule has 0 radical (unpaired) electrons. The van der Waals surface area contributed by atoms with Gasteiger partial charge in [0.05, 0.1) is 6.54 Å². The summed E-state index contributed by atoms with van der Waals surface area (Å²) in [5.74, 6) is -3.95. The van der Waals surface area contributed by atoms with Gasteiger partial charge in [0.2, 0.25) is 0 Å². The van der Waals surface area contributed by atoms with Crippen molar-refractivity contribution in [3.05, 3.63) is 0 Å². The fraction of sp³-hybridized carbons (Fsp3) is 1.00. The van der Waals surface area contributed by atoms with Gasteiger partial charge in [-0.1, -0.05) is 19.3 Å². The number of nitrogens with two attached hydrogens (primary N) is 1. The zero-order valence-corrected chi connectivity index (χ0v) is 9.82. The highest BCUT2D eigenvalue weighted by atomic mass is 19.3. The van der Waals surface area contributed by atoms with Gasteiger partial charge < -0.3 is 11.1 Å². The molecule has 1 rings (SSSR count). The molecular weight excluding hydrogens is 236 g/mol. The van der Waals surface area contributed by atoms with Crippen LogP contribution in [-0.2, 0) is 0 Å². The lowest BCUT2D eigenvalue weighted by Gasteiger charge is -2.36. The lowest BCUT2D eigenvalue weighted by molar-refractivity contribution is -0.126. The Hall–Kier alpha value is -0.360. The minimum Gasteiger partial charge on any atom is -0.330 e. The molecule has 1 saturated carbocycles. The maximum atomic E-state index is 12.7. The molecule has 102 valence electrons. The van der Waals surface area contributed by atoms with Crippen molar-refractivity contribution in [2.24, 2.45) is 11.1 Å². The fourth-order valence-electron chi connectivity index (χ4n) is 2.33. The Morgan fingerprint density at radius 1 is 1.18 bits per heavy atom. The van der Waals surface area contributed by atoms with Gasteiger partial charge in [-0.3, -0.25) is 0 Å². The van der Waals surface area contributed by atoms with Crippen LogP contribution in [0.25, 0.3) is 0 Å². The summed E-state index contributed by atoms with van der Waals surface area (Å²) in [6.07, 6.45) is 1.35. The highest BCUT2D eigenvalue weighted by Gasteiger charge is 2.41. The van der Waals surface area contributed by atoms with Crippen molar-refractivity contribution in [2.45, 2.75) is 44.5 Å². The van der Waals surface area contributed by atoms with Crippen molar-refractivity contribution in [3.8, 4) is 0 Å². The molecule has 1 aliphatic rings. The van der Waals surface area contributed by atoms with Gasteiger partial charge >= 0.3 is 12.3 Å². The van der Waals surface area contributed by atoms with Gasteiger partial charge in [0.15, 0.2) is 0 Å².